The van der Waals surface area contributed by atoms with Crippen LogP contribution in [0.4, 0.5) is 0 Å². The van der Waals surface area contributed by atoms with Crippen molar-refractivity contribution < 1.29 is 8.42 Å². The predicted molar refractivity (Wildman–Crippen MR) is 84.2 cm³/mol. The summed E-state index contributed by atoms with van der Waals surface area (Å²) in [5.74, 6) is 0. The molecule has 0 unspecified atom stereocenters. The van der Waals surface area contributed by atoms with E-state index in [4.69, 9.17) is 5.73 Å². The zero-order valence-electron chi connectivity index (χ0n) is 12.3. The van der Waals surface area contributed by atoms with Gasteiger partial charge in [0.25, 0.3) is 0 Å². The van der Waals surface area contributed by atoms with Gasteiger partial charge in [-0.05, 0) is 29.7 Å². The SMILES string of the molecule is Cc1ccc(CN)cc1S(=O)(=O)N(C)Cc1ccccc1. The van der Waals surface area contributed by atoms with E-state index in [1.165, 1.54) is 4.31 Å². The minimum atomic E-state index is -3.52. The molecule has 5 heteroatoms. The number of hydrogen-bond donors (Lipinski definition) is 1. The molecule has 0 aliphatic rings. The fraction of sp³-hybridized carbons (Fsp3) is 0.250. The van der Waals surface area contributed by atoms with E-state index < -0.39 is 10.0 Å². The molecule has 2 rings (SSSR count). The van der Waals surface area contributed by atoms with Gasteiger partial charge < -0.3 is 5.73 Å². The van der Waals surface area contributed by atoms with Gasteiger partial charge in [-0.15, -0.1) is 0 Å². The number of hydrogen-bond acceptors (Lipinski definition) is 3. The first-order valence-electron chi connectivity index (χ1n) is 6.75. The molecule has 0 spiro atoms. The van der Waals surface area contributed by atoms with E-state index in [9.17, 15) is 8.42 Å². The lowest BCUT2D eigenvalue weighted by atomic mass is 10.1. The maximum Gasteiger partial charge on any atom is 0.243 e. The van der Waals surface area contributed by atoms with Crippen LogP contribution in [0.5, 0.6) is 0 Å². The Morgan fingerprint density at radius 3 is 2.33 bits per heavy atom. The van der Waals surface area contributed by atoms with Crippen LogP contribution in [0.3, 0.4) is 0 Å². The van der Waals surface area contributed by atoms with Gasteiger partial charge in [0.1, 0.15) is 0 Å². The highest BCUT2D eigenvalue weighted by Gasteiger charge is 2.23. The average Bonchev–Trinajstić information content (AvgIpc) is 2.48. The molecule has 2 N–H and O–H groups in total. The molecule has 0 aromatic heterocycles. The van der Waals surface area contributed by atoms with Crippen molar-refractivity contribution in [3.05, 3.63) is 65.2 Å². The molecule has 21 heavy (non-hydrogen) atoms. The summed E-state index contributed by atoms with van der Waals surface area (Å²) < 4.78 is 26.8. The highest BCUT2D eigenvalue weighted by atomic mass is 32.2. The molecule has 0 heterocycles. The summed E-state index contributed by atoms with van der Waals surface area (Å²) in [5.41, 5.74) is 8.10. The van der Waals surface area contributed by atoms with Crippen molar-refractivity contribution in [1.82, 2.24) is 4.31 Å². The van der Waals surface area contributed by atoms with Crippen LogP contribution in [0.25, 0.3) is 0 Å². The van der Waals surface area contributed by atoms with Crippen LogP contribution in [0.1, 0.15) is 16.7 Å². The number of rotatable bonds is 5. The van der Waals surface area contributed by atoms with Crippen LogP contribution in [0.2, 0.25) is 0 Å². The molecule has 0 fully saturated rings. The van der Waals surface area contributed by atoms with E-state index in [-0.39, 0.29) is 0 Å². The minimum Gasteiger partial charge on any atom is -0.326 e. The summed E-state index contributed by atoms with van der Waals surface area (Å²) in [6.07, 6.45) is 0. The van der Waals surface area contributed by atoms with Gasteiger partial charge in [0.05, 0.1) is 4.90 Å². The third kappa shape index (κ3) is 3.50. The number of nitrogens with zero attached hydrogens (tertiary/aromatic N) is 1. The van der Waals surface area contributed by atoms with Crippen molar-refractivity contribution in [3.63, 3.8) is 0 Å². The number of sulfonamides is 1. The zero-order chi connectivity index (χ0) is 15.5. The molecule has 0 saturated heterocycles. The van der Waals surface area contributed by atoms with Crippen molar-refractivity contribution in [2.75, 3.05) is 7.05 Å². The summed E-state index contributed by atoms with van der Waals surface area (Å²) in [4.78, 5) is 0.323. The Hall–Kier alpha value is -1.69. The molecule has 0 amide bonds. The molecular formula is C16H20N2O2S. The Labute approximate surface area is 126 Å². The quantitative estimate of drug-likeness (QED) is 0.921. The Kier molecular flexibility index (Phi) is 4.77. The van der Waals surface area contributed by atoms with Crippen molar-refractivity contribution in [1.29, 1.82) is 0 Å². The molecule has 0 aliphatic carbocycles. The third-order valence-corrected chi connectivity index (χ3v) is 5.37. The monoisotopic (exact) mass is 304 g/mol. The zero-order valence-corrected chi connectivity index (χ0v) is 13.1. The Bertz CT molecular complexity index is 712. The van der Waals surface area contributed by atoms with Gasteiger partial charge in [-0.1, -0.05) is 42.5 Å². The van der Waals surface area contributed by atoms with Crippen LogP contribution in [0.15, 0.2) is 53.4 Å². The fourth-order valence-corrected chi connectivity index (χ4v) is 3.57. The molecular weight excluding hydrogens is 284 g/mol. The predicted octanol–water partition coefficient (Wildman–Crippen LogP) is 2.27. The van der Waals surface area contributed by atoms with Crippen molar-refractivity contribution in [2.45, 2.75) is 24.9 Å². The normalized spacial score (nSPS) is 11.8. The minimum absolute atomic E-state index is 0.323. The van der Waals surface area contributed by atoms with Gasteiger partial charge in [0.15, 0.2) is 0 Å². The van der Waals surface area contributed by atoms with E-state index in [1.54, 1.807) is 26.1 Å². The molecule has 0 radical (unpaired) electrons. The van der Waals surface area contributed by atoms with Crippen LogP contribution in [-0.4, -0.2) is 19.8 Å². The van der Waals surface area contributed by atoms with E-state index in [2.05, 4.69) is 0 Å². The number of nitrogens with two attached hydrogens (primary N) is 1. The van der Waals surface area contributed by atoms with Crippen LogP contribution in [0, 0.1) is 6.92 Å². The molecule has 0 bridgehead atoms. The van der Waals surface area contributed by atoms with Crippen LogP contribution in [-0.2, 0) is 23.1 Å². The van der Waals surface area contributed by atoms with Gasteiger partial charge in [-0.3, -0.25) is 0 Å². The van der Waals surface area contributed by atoms with E-state index in [1.807, 2.05) is 36.4 Å². The van der Waals surface area contributed by atoms with E-state index in [0.29, 0.717) is 18.0 Å². The third-order valence-electron chi connectivity index (χ3n) is 3.42. The maximum atomic E-state index is 12.7. The highest BCUT2D eigenvalue weighted by Crippen LogP contribution is 2.21. The first kappa shape index (κ1) is 15.7. The van der Waals surface area contributed by atoms with Crippen molar-refractivity contribution in [2.24, 2.45) is 5.73 Å². The lowest BCUT2D eigenvalue weighted by Gasteiger charge is -2.19. The van der Waals surface area contributed by atoms with Crippen molar-refractivity contribution >= 4 is 10.0 Å². The van der Waals surface area contributed by atoms with Gasteiger partial charge >= 0.3 is 0 Å². The van der Waals surface area contributed by atoms with Gasteiger partial charge in [0.2, 0.25) is 10.0 Å². The summed E-state index contributed by atoms with van der Waals surface area (Å²) in [6.45, 7) is 2.46. The standard InChI is InChI=1S/C16H20N2O2S/c1-13-8-9-15(11-17)10-16(13)21(19,20)18(2)12-14-6-4-3-5-7-14/h3-10H,11-12,17H2,1-2H3. The second-order valence-corrected chi connectivity index (χ2v) is 7.06. The first-order chi connectivity index (χ1) is 9.95. The molecule has 112 valence electrons. The van der Waals surface area contributed by atoms with Crippen molar-refractivity contribution in [3.8, 4) is 0 Å². The average molecular weight is 304 g/mol. The number of aryl methyl sites for hydroxylation is 1. The molecule has 2 aromatic carbocycles. The molecule has 0 atom stereocenters. The Balaban J connectivity index is 2.33. The molecule has 0 aliphatic heterocycles. The van der Waals surface area contributed by atoms with Gasteiger partial charge in [0, 0.05) is 20.1 Å². The summed E-state index contributed by atoms with van der Waals surface area (Å²) in [7, 11) is -1.93. The summed E-state index contributed by atoms with van der Waals surface area (Å²) in [6, 6.07) is 14.8. The first-order valence-corrected chi connectivity index (χ1v) is 8.19. The second kappa shape index (κ2) is 6.39. The Morgan fingerprint density at radius 2 is 1.71 bits per heavy atom. The van der Waals surface area contributed by atoms with Crippen LogP contribution < -0.4 is 5.73 Å². The highest BCUT2D eigenvalue weighted by molar-refractivity contribution is 7.89. The maximum absolute atomic E-state index is 12.7. The fourth-order valence-electron chi connectivity index (χ4n) is 2.14. The summed E-state index contributed by atoms with van der Waals surface area (Å²) in [5, 5.41) is 0. The molecule has 0 saturated carbocycles. The lowest BCUT2D eigenvalue weighted by Crippen LogP contribution is -2.27. The second-order valence-electron chi connectivity index (χ2n) is 5.05. The number of benzene rings is 2. The Morgan fingerprint density at radius 1 is 1.05 bits per heavy atom. The van der Waals surface area contributed by atoms with Gasteiger partial charge in [-0.25, -0.2) is 8.42 Å². The van der Waals surface area contributed by atoms with Crippen LogP contribution >= 0.6 is 0 Å². The molecule has 4 nitrogen and oxygen atoms in total. The van der Waals surface area contributed by atoms with E-state index in [0.717, 1.165) is 16.7 Å². The van der Waals surface area contributed by atoms with E-state index >= 15 is 0 Å². The smallest absolute Gasteiger partial charge is 0.243 e. The molecule has 2 aromatic rings. The lowest BCUT2D eigenvalue weighted by molar-refractivity contribution is 0.466. The summed E-state index contributed by atoms with van der Waals surface area (Å²) >= 11 is 0. The largest absolute Gasteiger partial charge is 0.326 e. The van der Waals surface area contributed by atoms with Gasteiger partial charge in [-0.2, -0.15) is 4.31 Å². The topological polar surface area (TPSA) is 63.4 Å².